The highest BCUT2D eigenvalue weighted by Gasteiger charge is 2.03. The van der Waals surface area contributed by atoms with Gasteiger partial charge in [0.1, 0.15) is 0 Å². The maximum Gasteiger partial charge on any atom is 0.217 e. The molecule has 0 aliphatic carbocycles. The van der Waals surface area contributed by atoms with Gasteiger partial charge in [-0.05, 0) is 19.8 Å². The number of nitrogens with zero attached hydrogens (tertiary/aromatic N) is 1. The minimum Gasteiger partial charge on any atom is -0.370 e. The zero-order valence-electron chi connectivity index (χ0n) is 15.4. The Morgan fingerprint density at radius 1 is 0.955 bits per heavy atom. The van der Waals surface area contributed by atoms with Crippen LogP contribution >= 0.6 is 0 Å². The molecule has 0 bridgehead atoms. The second kappa shape index (κ2) is 18.4. The molecule has 0 aliphatic heterocycles. The van der Waals surface area contributed by atoms with E-state index < -0.39 is 0 Å². The molecule has 0 aromatic rings. The lowest BCUT2D eigenvalue weighted by molar-refractivity contribution is -0.118. The van der Waals surface area contributed by atoms with Crippen LogP contribution < -0.4 is 5.73 Å². The van der Waals surface area contributed by atoms with Crippen molar-refractivity contribution in [2.75, 3.05) is 6.54 Å². The molecular formula is C18H40N2O2. The Kier molecular flexibility index (Phi) is 19.8. The van der Waals surface area contributed by atoms with Crippen molar-refractivity contribution in [2.24, 2.45) is 5.73 Å². The normalized spacial score (nSPS) is 11.9. The van der Waals surface area contributed by atoms with Crippen LogP contribution in [0.15, 0.2) is 0 Å². The molecule has 22 heavy (non-hydrogen) atoms. The van der Waals surface area contributed by atoms with Gasteiger partial charge in [0.25, 0.3) is 0 Å². The second-order valence-electron chi connectivity index (χ2n) is 6.06. The van der Waals surface area contributed by atoms with Gasteiger partial charge in [-0.3, -0.25) is 4.79 Å². The first kappa shape index (κ1) is 23.7. The molecule has 0 heterocycles. The first-order valence-corrected chi connectivity index (χ1v) is 9.23. The molecule has 0 aromatic heterocycles. The first-order valence-electron chi connectivity index (χ1n) is 9.23. The molecule has 0 fully saturated rings. The topological polar surface area (TPSA) is 66.6 Å². The van der Waals surface area contributed by atoms with Crippen LogP contribution in [-0.4, -0.2) is 28.8 Å². The van der Waals surface area contributed by atoms with Crippen LogP contribution in [0.3, 0.4) is 0 Å². The quantitative estimate of drug-likeness (QED) is 0.375. The number of carbonyl (C=O) groups excluding carboxylic acids is 1. The molecule has 1 unspecified atom stereocenters. The van der Waals surface area contributed by atoms with Gasteiger partial charge in [-0.1, -0.05) is 72.1 Å². The fourth-order valence-electron chi connectivity index (χ4n) is 2.13. The van der Waals surface area contributed by atoms with Gasteiger partial charge in [0, 0.05) is 19.0 Å². The summed E-state index contributed by atoms with van der Waals surface area (Å²) >= 11 is 0. The highest BCUT2D eigenvalue weighted by Crippen LogP contribution is 2.10. The van der Waals surface area contributed by atoms with Crippen molar-refractivity contribution in [3.8, 4) is 0 Å². The lowest BCUT2D eigenvalue weighted by atomic mass is 10.1. The largest absolute Gasteiger partial charge is 0.370 e. The summed E-state index contributed by atoms with van der Waals surface area (Å²) in [5.41, 5.74) is 5.05. The highest BCUT2D eigenvalue weighted by atomic mass is 16.5. The third-order valence-electron chi connectivity index (χ3n) is 3.95. The fourth-order valence-corrected chi connectivity index (χ4v) is 2.13. The number of carbonyl (C=O) groups is 1. The number of rotatable bonds is 13. The van der Waals surface area contributed by atoms with Crippen LogP contribution in [-0.2, 0) is 4.79 Å². The summed E-state index contributed by atoms with van der Waals surface area (Å²) in [6.45, 7) is 8.96. The van der Waals surface area contributed by atoms with E-state index >= 15 is 0 Å². The van der Waals surface area contributed by atoms with E-state index in [0.29, 0.717) is 12.5 Å². The zero-order chi connectivity index (χ0) is 17.2. The number of hydrogen-bond acceptors (Lipinski definition) is 3. The molecule has 1 amide bonds. The molecule has 134 valence electrons. The highest BCUT2D eigenvalue weighted by molar-refractivity contribution is 5.73. The maximum absolute atomic E-state index is 10.4. The summed E-state index contributed by atoms with van der Waals surface area (Å²) in [5, 5.41) is 10.3. The molecule has 4 heteroatoms. The Hall–Kier alpha value is -0.610. The van der Waals surface area contributed by atoms with Gasteiger partial charge in [0.15, 0.2) is 0 Å². The molecule has 0 spiro atoms. The van der Waals surface area contributed by atoms with E-state index in [1.165, 1.54) is 50.0 Å². The van der Waals surface area contributed by atoms with Crippen LogP contribution in [0, 0.1) is 0 Å². The zero-order valence-corrected chi connectivity index (χ0v) is 15.4. The summed E-state index contributed by atoms with van der Waals surface area (Å²) in [7, 11) is 0. The van der Waals surface area contributed by atoms with Gasteiger partial charge in [-0.25, -0.2) is 0 Å². The summed E-state index contributed by atoms with van der Waals surface area (Å²) in [5.74, 6) is -0.159. The third-order valence-corrected chi connectivity index (χ3v) is 3.95. The van der Waals surface area contributed by atoms with Crippen molar-refractivity contribution < 1.29 is 10.0 Å². The van der Waals surface area contributed by atoms with E-state index in [9.17, 15) is 4.79 Å². The van der Waals surface area contributed by atoms with E-state index in [0.717, 1.165) is 25.8 Å². The van der Waals surface area contributed by atoms with E-state index in [2.05, 4.69) is 13.8 Å². The summed E-state index contributed by atoms with van der Waals surface area (Å²) in [4.78, 5) is 10.4. The standard InChI is InChI=1S/C12H25NO.C6H15NO/c1-2-3-4-5-6-7-8-9-10-11-12(13)14;1-4-6(3)7(8)5-2/h2-11H2,1H3,(H2,13,14);6,8H,4-5H2,1-3H3. The summed E-state index contributed by atoms with van der Waals surface area (Å²) in [6, 6.07) is 0.306. The predicted octanol–water partition coefficient (Wildman–Crippen LogP) is 4.89. The Morgan fingerprint density at radius 2 is 1.41 bits per heavy atom. The molecule has 0 aromatic carbocycles. The number of primary amides is 1. The lowest BCUT2D eigenvalue weighted by Gasteiger charge is -2.18. The van der Waals surface area contributed by atoms with Crippen molar-refractivity contribution in [3.63, 3.8) is 0 Å². The van der Waals surface area contributed by atoms with E-state index in [1.54, 1.807) is 0 Å². The first-order chi connectivity index (χ1) is 10.5. The minimum absolute atomic E-state index is 0.159. The SMILES string of the molecule is CCC(C)N(O)CC.CCCCCCCCCCCC(N)=O. The number of unbranched alkanes of at least 4 members (excludes halogenated alkanes) is 8. The summed E-state index contributed by atoms with van der Waals surface area (Å²) < 4.78 is 0. The van der Waals surface area contributed by atoms with Gasteiger partial charge in [0.05, 0.1) is 0 Å². The number of nitrogens with two attached hydrogens (primary N) is 1. The van der Waals surface area contributed by atoms with Crippen LogP contribution in [0.1, 0.15) is 98.3 Å². The smallest absolute Gasteiger partial charge is 0.217 e. The lowest BCUT2D eigenvalue weighted by Crippen LogP contribution is -2.28. The van der Waals surface area contributed by atoms with Gasteiger partial charge in [-0.15, -0.1) is 0 Å². The summed E-state index contributed by atoms with van der Waals surface area (Å²) in [6.07, 6.45) is 13.1. The fraction of sp³-hybridized carbons (Fsp3) is 0.944. The van der Waals surface area contributed by atoms with Gasteiger partial charge < -0.3 is 10.9 Å². The third kappa shape index (κ3) is 19.4. The van der Waals surface area contributed by atoms with Crippen LogP contribution in [0.25, 0.3) is 0 Å². The van der Waals surface area contributed by atoms with Gasteiger partial charge in [0.2, 0.25) is 5.91 Å². The Balaban J connectivity index is 0. The molecule has 0 radical (unpaired) electrons. The molecule has 0 rings (SSSR count). The van der Waals surface area contributed by atoms with Crippen LogP contribution in [0.5, 0.6) is 0 Å². The Labute approximate surface area is 138 Å². The van der Waals surface area contributed by atoms with Crippen LogP contribution in [0.4, 0.5) is 0 Å². The molecular weight excluding hydrogens is 276 g/mol. The average Bonchev–Trinajstić information content (AvgIpc) is 2.52. The molecule has 0 aliphatic rings. The second-order valence-corrected chi connectivity index (χ2v) is 6.06. The average molecular weight is 317 g/mol. The number of hydrogen-bond donors (Lipinski definition) is 2. The van der Waals surface area contributed by atoms with Crippen LogP contribution in [0.2, 0.25) is 0 Å². The van der Waals surface area contributed by atoms with E-state index in [-0.39, 0.29) is 5.91 Å². The monoisotopic (exact) mass is 316 g/mol. The van der Waals surface area contributed by atoms with Gasteiger partial charge >= 0.3 is 0 Å². The molecule has 3 N–H and O–H groups in total. The molecule has 4 nitrogen and oxygen atoms in total. The van der Waals surface area contributed by atoms with E-state index in [4.69, 9.17) is 10.9 Å². The Morgan fingerprint density at radius 3 is 1.73 bits per heavy atom. The van der Waals surface area contributed by atoms with E-state index in [1.807, 2.05) is 13.8 Å². The maximum atomic E-state index is 10.4. The molecule has 0 saturated heterocycles. The predicted molar refractivity (Wildman–Crippen MR) is 95.0 cm³/mol. The van der Waals surface area contributed by atoms with Crippen molar-refractivity contribution >= 4 is 5.91 Å². The van der Waals surface area contributed by atoms with Crippen molar-refractivity contribution in [3.05, 3.63) is 0 Å². The number of amides is 1. The van der Waals surface area contributed by atoms with Gasteiger partial charge in [-0.2, -0.15) is 5.06 Å². The minimum atomic E-state index is -0.159. The van der Waals surface area contributed by atoms with Crippen molar-refractivity contribution in [1.29, 1.82) is 0 Å². The molecule has 1 atom stereocenters. The van der Waals surface area contributed by atoms with Crippen molar-refractivity contribution in [2.45, 2.75) is 104 Å². The number of hydroxylamine groups is 2. The Bertz CT molecular complexity index is 227. The molecule has 0 saturated carbocycles. The van der Waals surface area contributed by atoms with Crippen molar-refractivity contribution in [1.82, 2.24) is 5.06 Å².